The van der Waals surface area contributed by atoms with Crippen molar-refractivity contribution in [2.24, 2.45) is 5.16 Å². The lowest BCUT2D eigenvalue weighted by Gasteiger charge is -2.22. The van der Waals surface area contributed by atoms with Gasteiger partial charge in [-0.15, -0.1) is 0 Å². The van der Waals surface area contributed by atoms with Gasteiger partial charge < -0.3 is 23.8 Å². The van der Waals surface area contributed by atoms with Crippen LogP contribution in [0.3, 0.4) is 0 Å². The van der Waals surface area contributed by atoms with Gasteiger partial charge in [-0.05, 0) is 153 Å². The molecule has 0 aromatic heterocycles. The van der Waals surface area contributed by atoms with Crippen molar-refractivity contribution >= 4 is 92.9 Å². The van der Waals surface area contributed by atoms with E-state index < -0.39 is 39.9 Å². The Morgan fingerprint density at radius 1 is 0.636 bits per heavy atom. The summed E-state index contributed by atoms with van der Waals surface area (Å²) in [5.74, 6) is -0.739. The first-order valence-electron chi connectivity index (χ1n) is 20.1. The lowest BCUT2D eigenvalue weighted by molar-refractivity contribution is -0.736. The topological polar surface area (TPSA) is 139 Å². The Bertz CT molecular complexity index is 2510. The van der Waals surface area contributed by atoms with E-state index in [0.29, 0.717) is 55.3 Å². The molecule has 0 saturated carbocycles. The van der Waals surface area contributed by atoms with Crippen LogP contribution in [0.4, 0.5) is 9.59 Å². The van der Waals surface area contributed by atoms with Gasteiger partial charge >= 0.3 is 23.5 Å². The maximum Gasteiger partial charge on any atom is 0.646 e. The number of hydrogen-bond donors (Lipinski definition) is 0. The van der Waals surface area contributed by atoms with Crippen molar-refractivity contribution in [3.05, 3.63) is 137 Å². The maximum absolute atomic E-state index is 12.5. The second-order valence-electron chi connectivity index (χ2n) is 17.6. The quantitative estimate of drug-likeness (QED) is 0.0794. The Hall–Kier alpha value is -4.85. The van der Waals surface area contributed by atoms with E-state index >= 15 is 0 Å². The van der Waals surface area contributed by atoms with E-state index in [2.05, 4.69) is 21.5 Å². The molecular formula is C49H56Cl5N2O10+. The molecule has 2 aliphatic rings. The van der Waals surface area contributed by atoms with Gasteiger partial charge in [0.05, 0.1) is 42.2 Å². The zero-order valence-corrected chi connectivity index (χ0v) is 42.0. The summed E-state index contributed by atoms with van der Waals surface area (Å²) in [7, 11) is 2.50. The van der Waals surface area contributed by atoms with Gasteiger partial charge in [-0.3, -0.25) is 4.84 Å². The van der Waals surface area contributed by atoms with E-state index in [1.54, 1.807) is 42.5 Å². The van der Waals surface area contributed by atoms with Crippen LogP contribution in [0, 0.1) is 13.8 Å². The van der Waals surface area contributed by atoms with Crippen molar-refractivity contribution in [2.45, 2.75) is 112 Å². The molecule has 17 heteroatoms. The fraction of sp³-hybridized carbons (Fsp3) is 0.388. The van der Waals surface area contributed by atoms with E-state index in [4.69, 9.17) is 70.3 Å². The molecule has 0 spiro atoms. The molecule has 4 aromatic rings. The average Bonchev–Trinajstić information content (AvgIpc) is 3.77. The maximum atomic E-state index is 12.5. The monoisotopic (exact) mass is 1010 g/mol. The van der Waals surface area contributed by atoms with Crippen LogP contribution in [0.15, 0.2) is 78.0 Å². The Labute approximate surface area is 411 Å². The summed E-state index contributed by atoms with van der Waals surface area (Å²) < 4.78 is 20.9. The van der Waals surface area contributed by atoms with Crippen LogP contribution in [0.1, 0.15) is 130 Å². The Morgan fingerprint density at radius 2 is 1.05 bits per heavy atom. The molecule has 0 radical (unpaired) electrons. The van der Waals surface area contributed by atoms with Crippen LogP contribution in [0.5, 0.6) is 0 Å². The number of carbonyl (C=O) groups is 4. The summed E-state index contributed by atoms with van der Waals surface area (Å²) in [6.45, 7) is 18.5. The zero-order chi connectivity index (χ0) is 48.8. The van der Waals surface area contributed by atoms with Crippen molar-refractivity contribution in [1.82, 2.24) is 0 Å². The molecule has 2 atom stereocenters. The fourth-order valence-corrected chi connectivity index (χ4v) is 7.72. The number of hydrogen-bond acceptors (Lipinski definition) is 11. The molecule has 66 heavy (non-hydrogen) atoms. The molecule has 0 fully saturated rings. The summed E-state index contributed by atoms with van der Waals surface area (Å²) in [6, 6.07) is 21.3. The molecule has 2 unspecified atom stereocenters. The highest BCUT2D eigenvalue weighted by Crippen LogP contribution is 2.40. The predicted octanol–water partition coefficient (Wildman–Crippen LogP) is 14.0. The van der Waals surface area contributed by atoms with Gasteiger partial charge in [0, 0.05) is 54.8 Å². The van der Waals surface area contributed by atoms with E-state index in [1.165, 1.54) is 14.2 Å². The number of ether oxygens (including phenoxy) is 4. The SMILES string of the molecule is C.COC(=O)Cl.COC(=O)[N+]1=C(c2ccc(C(=O)OC(C)(C)C)c(C)c2)CC(C)(c2cc(Cl)cc(Cl)c2)O1.Cc1cc(C2=NOC(C)(c3cc(Cl)cc(Cl)c3)C2)ccc1C(=O)OC(C)(C)C. The number of carbonyl (C=O) groups excluding carboxylic acids is 4. The van der Waals surface area contributed by atoms with Crippen LogP contribution in [0.25, 0.3) is 0 Å². The number of aryl methyl sites for hydroxylation is 2. The van der Waals surface area contributed by atoms with Crippen LogP contribution < -0.4 is 0 Å². The number of nitrogens with zero attached hydrogens (tertiary/aromatic N) is 2. The molecule has 0 saturated heterocycles. The van der Waals surface area contributed by atoms with E-state index in [9.17, 15) is 19.2 Å². The van der Waals surface area contributed by atoms with Crippen molar-refractivity contribution in [3.8, 4) is 0 Å². The van der Waals surface area contributed by atoms with Gasteiger partial charge in [0.1, 0.15) is 11.2 Å². The number of benzene rings is 4. The number of amides is 1. The van der Waals surface area contributed by atoms with Crippen molar-refractivity contribution in [3.63, 3.8) is 0 Å². The lowest BCUT2D eigenvalue weighted by Crippen LogP contribution is -2.27. The Morgan fingerprint density at radius 3 is 1.44 bits per heavy atom. The second-order valence-corrected chi connectivity index (χ2v) is 19.6. The minimum absolute atomic E-state index is 0. The summed E-state index contributed by atoms with van der Waals surface area (Å²) in [6.07, 6.45) is 0.254. The molecule has 0 aliphatic carbocycles. The minimum Gasteiger partial charge on any atom is -0.457 e. The van der Waals surface area contributed by atoms with Crippen molar-refractivity contribution < 1.29 is 52.5 Å². The smallest absolute Gasteiger partial charge is 0.457 e. The number of rotatable bonds is 6. The number of methoxy groups -OCH3 is 2. The molecular weight excluding hydrogens is 954 g/mol. The largest absolute Gasteiger partial charge is 0.646 e. The van der Waals surface area contributed by atoms with Crippen LogP contribution in [-0.4, -0.2) is 65.0 Å². The molecule has 6 rings (SSSR count). The normalized spacial score (nSPS) is 17.6. The van der Waals surface area contributed by atoms with Gasteiger partial charge in [-0.2, -0.15) is 4.79 Å². The first-order chi connectivity index (χ1) is 30.1. The van der Waals surface area contributed by atoms with Gasteiger partial charge in [-0.25, -0.2) is 14.4 Å². The van der Waals surface area contributed by atoms with E-state index in [0.717, 1.165) is 38.3 Å². The predicted molar refractivity (Wildman–Crippen MR) is 260 cm³/mol. The van der Waals surface area contributed by atoms with Crippen molar-refractivity contribution in [1.29, 1.82) is 0 Å². The first-order valence-corrected chi connectivity index (χ1v) is 22.0. The molecule has 356 valence electrons. The van der Waals surface area contributed by atoms with Crippen LogP contribution in [0.2, 0.25) is 20.1 Å². The van der Waals surface area contributed by atoms with E-state index in [-0.39, 0.29) is 13.4 Å². The molecule has 4 aromatic carbocycles. The summed E-state index contributed by atoms with van der Waals surface area (Å²) >= 11 is 29.2. The number of esters is 2. The third-order valence-electron chi connectivity index (χ3n) is 9.71. The average molecular weight is 1010 g/mol. The lowest BCUT2D eigenvalue weighted by atomic mass is 9.88. The summed E-state index contributed by atoms with van der Waals surface area (Å²) in [5.41, 5.74) is 3.69. The van der Waals surface area contributed by atoms with Gasteiger partial charge in [-0.1, -0.05) is 65.1 Å². The number of halogens is 5. The molecule has 0 bridgehead atoms. The molecule has 1 amide bonds. The fourth-order valence-electron chi connectivity index (χ4n) is 6.66. The van der Waals surface area contributed by atoms with Crippen LogP contribution >= 0.6 is 58.0 Å². The Balaban J connectivity index is 0.000000315. The highest BCUT2D eigenvalue weighted by Gasteiger charge is 2.50. The zero-order valence-electron chi connectivity index (χ0n) is 38.2. The summed E-state index contributed by atoms with van der Waals surface area (Å²) in [5, 5.41) is 6.32. The second kappa shape index (κ2) is 22.3. The summed E-state index contributed by atoms with van der Waals surface area (Å²) in [4.78, 5) is 58.6. The minimum atomic E-state index is -0.907. The van der Waals surface area contributed by atoms with E-state index in [1.807, 2.05) is 99.6 Å². The van der Waals surface area contributed by atoms with Gasteiger partial charge in [0.15, 0.2) is 5.60 Å². The van der Waals surface area contributed by atoms with Crippen molar-refractivity contribution in [2.75, 3.05) is 14.2 Å². The molecule has 2 aliphatic heterocycles. The highest BCUT2D eigenvalue weighted by molar-refractivity contribution is 6.61. The van der Waals surface area contributed by atoms with Crippen LogP contribution in [-0.2, 0) is 39.8 Å². The third kappa shape index (κ3) is 14.8. The molecule has 0 N–H and O–H groups in total. The first kappa shape index (κ1) is 55.5. The highest BCUT2D eigenvalue weighted by atomic mass is 35.5. The Kier molecular flexibility index (Phi) is 18.7. The molecule has 2 heterocycles. The van der Waals surface area contributed by atoms with Gasteiger partial charge in [0.25, 0.3) is 5.71 Å². The standard InChI is InChI=1S/C24H26Cl2NO5.C22H23Cl2NO3.C2H3ClO2.CH4/c1-14-9-15(7-8-19(14)21(28)31-23(2,3)4)20-13-24(5,32-27(20)22(29)30-6)16-10-17(25)12-18(26)11-16;1-13-8-14(6-7-18(13)20(26)27-21(2,3)4)19-12-22(5,28-25-19)15-9-16(23)11-17(24)10-15;1-5-2(3)4;/h7-12H,13H2,1-6H3;6-11H,12H2,1-5H3;1H3;1H4/q+1;;;. The molecule has 12 nitrogen and oxygen atoms in total. The van der Waals surface area contributed by atoms with Gasteiger partial charge in [0.2, 0.25) is 5.60 Å². The third-order valence-corrected chi connectivity index (χ3v) is 10.7. The number of hydroxylamine groups is 1. The number of oxime groups is 1.